The Morgan fingerprint density at radius 2 is 2.08 bits per heavy atom. The molecule has 1 aromatic heterocycles. The molecule has 0 radical (unpaired) electrons. The van der Waals surface area contributed by atoms with Crippen molar-refractivity contribution in [2.45, 2.75) is 13.5 Å². The third-order valence-electron chi connectivity index (χ3n) is 4.37. The molecule has 0 bridgehead atoms. The number of hydrogen-bond donors (Lipinski definition) is 1. The quantitative estimate of drug-likeness (QED) is 0.637. The van der Waals surface area contributed by atoms with Gasteiger partial charge in [-0.05, 0) is 49.4 Å². The molecular formula is C20H24NO3S+. The number of morpholine rings is 1. The standard InChI is InChI=1S/C20H23NO3S/c1-15-3-5-18(25-15)6-7-19(22)16-4-8-20(23-2)17(13-16)14-21-9-11-24-12-10-21/h3-8,13H,9-12,14H2,1-2H3/p+1/b7-6+. The van der Waals surface area contributed by atoms with Gasteiger partial charge in [0.1, 0.15) is 25.4 Å². The van der Waals surface area contributed by atoms with E-state index in [2.05, 4.69) is 13.0 Å². The molecule has 0 saturated carbocycles. The maximum absolute atomic E-state index is 12.5. The molecule has 1 saturated heterocycles. The molecular weight excluding hydrogens is 334 g/mol. The topological polar surface area (TPSA) is 40.0 Å². The van der Waals surface area contributed by atoms with Crippen molar-refractivity contribution in [3.05, 3.63) is 57.3 Å². The van der Waals surface area contributed by atoms with E-state index in [0.717, 1.165) is 49.0 Å². The first-order valence-corrected chi connectivity index (χ1v) is 9.34. The number of nitrogens with one attached hydrogen (secondary N) is 1. The van der Waals surface area contributed by atoms with Crippen LogP contribution in [-0.4, -0.2) is 39.2 Å². The smallest absolute Gasteiger partial charge is 0.185 e. The molecule has 0 unspecified atom stereocenters. The molecule has 0 spiro atoms. The van der Waals surface area contributed by atoms with Gasteiger partial charge < -0.3 is 14.4 Å². The van der Waals surface area contributed by atoms with Crippen LogP contribution in [0.25, 0.3) is 6.08 Å². The molecule has 1 aromatic carbocycles. The highest BCUT2D eigenvalue weighted by Crippen LogP contribution is 2.21. The Kier molecular flexibility index (Phi) is 6.02. The van der Waals surface area contributed by atoms with Gasteiger partial charge in [-0.1, -0.05) is 0 Å². The molecule has 0 aliphatic carbocycles. The third-order valence-corrected chi connectivity index (χ3v) is 5.33. The molecule has 1 N–H and O–H groups in total. The zero-order valence-electron chi connectivity index (χ0n) is 14.7. The van der Waals surface area contributed by atoms with Crippen LogP contribution in [0.1, 0.15) is 25.7 Å². The third kappa shape index (κ3) is 4.78. The second kappa shape index (κ2) is 8.43. The van der Waals surface area contributed by atoms with E-state index in [1.807, 2.05) is 30.3 Å². The molecule has 2 heterocycles. The van der Waals surface area contributed by atoms with Crippen LogP contribution in [0.5, 0.6) is 5.75 Å². The van der Waals surface area contributed by atoms with Crippen molar-refractivity contribution in [3.63, 3.8) is 0 Å². The SMILES string of the molecule is COc1ccc(C(=O)/C=C/c2ccc(C)s2)cc1C[NH+]1CCOCC1. The minimum atomic E-state index is 0.0203. The van der Waals surface area contributed by atoms with Gasteiger partial charge in [0, 0.05) is 20.9 Å². The highest BCUT2D eigenvalue weighted by atomic mass is 32.1. The van der Waals surface area contributed by atoms with Crippen molar-refractivity contribution in [2.75, 3.05) is 33.4 Å². The number of thiophene rings is 1. The van der Waals surface area contributed by atoms with Gasteiger partial charge in [-0.15, -0.1) is 11.3 Å². The van der Waals surface area contributed by atoms with E-state index in [1.54, 1.807) is 24.5 Å². The molecule has 4 nitrogen and oxygen atoms in total. The van der Waals surface area contributed by atoms with Gasteiger partial charge in [0.15, 0.2) is 5.78 Å². The molecule has 0 atom stereocenters. The summed E-state index contributed by atoms with van der Waals surface area (Å²) in [5, 5.41) is 0. The monoisotopic (exact) mass is 358 g/mol. The van der Waals surface area contributed by atoms with Crippen LogP contribution in [0.4, 0.5) is 0 Å². The van der Waals surface area contributed by atoms with Crippen LogP contribution >= 0.6 is 11.3 Å². The van der Waals surface area contributed by atoms with E-state index in [4.69, 9.17) is 9.47 Å². The van der Waals surface area contributed by atoms with Crippen molar-refractivity contribution < 1.29 is 19.2 Å². The van der Waals surface area contributed by atoms with Gasteiger partial charge in [0.05, 0.1) is 20.3 Å². The summed E-state index contributed by atoms with van der Waals surface area (Å²) in [6.45, 7) is 6.46. The fraction of sp³-hybridized carbons (Fsp3) is 0.350. The number of rotatable bonds is 6. The number of carbonyl (C=O) groups is 1. The first-order valence-electron chi connectivity index (χ1n) is 8.53. The van der Waals surface area contributed by atoms with Gasteiger partial charge in [-0.3, -0.25) is 4.79 Å². The summed E-state index contributed by atoms with van der Waals surface area (Å²) >= 11 is 1.68. The van der Waals surface area contributed by atoms with Crippen LogP contribution in [0.2, 0.25) is 0 Å². The molecule has 132 valence electrons. The minimum absolute atomic E-state index is 0.0203. The van der Waals surface area contributed by atoms with E-state index < -0.39 is 0 Å². The zero-order chi connectivity index (χ0) is 17.6. The lowest BCUT2D eigenvalue weighted by Crippen LogP contribution is -3.12. The minimum Gasteiger partial charge on any atom is -0.496 e. The number of ether oxygens (including phenoxy) is 2. The van der Waals surface area contributed by atoms with E-state index in [9.17, 15) is 4.79 Å². The highest BCUT2D eigenvalue weighted by Gasteiger charge is 2.17. The van der Waals surface area contributed by atoms with Crippen molar-refractivity contribution in [1.29, 1.82) is 0 Å². The van der Waals surface area contributed by atoms with Crippen LogP contribution in [0, 0.1) is 6.92 Å². The summed E-state index contributed by atoms with van der Waals surface area (Å²) in [5.74, 6) is 0.861. The lowest BCUT2D eigenvalue weighted by atomic mass is 10.0. The van der Waals surface area contributed by atoms with Crippen molar-refractivity contribution in [1.82, 2.24) is 0 Å². The summed E-state index contributed by atoms with van der Waals surface area (Å²) in [5.41, 5.74) is 1.78. The Bertz CT molecular complexity index is 760. The van der Waals surface area contributed by atoms with Crippen molar-refractivity contribution in [2.24, 2.45) is 0 Å². The maximum Gasteiger partial charge on any atom is 0.185 e. The Hall–Kier alpha value is -1.95. The van der Waals surface area contributed by atoms with Crippen LogP contribution in [0.15, 0.2) is 36.4 Å². The summed E-state index contributed by atoms with van der Waals surface area (Å²) in [6, 6.07) is 9.79. The van der Waals surface area contributed by atoms with Crippen LogP contribution < -0.4 is 9.64 Å². The van der Waals surface area contributed by atoms with E-state index in [1.165, 1.54) is 9.78 Å². The molecule has 3 rings (SSSR count). The van der Waals surface area contributed by atoms with E-state index in [-0.39, 0.29) is 5.78 Å². The Morgan fingerprint density at radius 1 is 1.28 bits per heavy atom. The predicted molar refractivity (Wildman–Crippen MR) is 101 cm³/mol. The number of carbonyl (C=O) groups excluding carboxylic acids is 1. The van der Waals surface area contributed by atoms with Gasteiger partial charge in [0.2, 0.25) is 0 Å². The molecule has 5 heteroatoms. The largest absolute Gasteiger partial charge is 0.496 e. The number of ketones is 1. The number of methoxy groups -OCH3 is 1. The second-order valence-electron chi connectivity index (χ2n) is 6.21. The van der Waals surface area contributed by atoms with Crippen LogP contribution in [0.3, 0.4) is 0 Å². The van der Waals surface area contributed by atoms with Gasteiger partial charge in [-0.25, -0.2) is 0 Å². The number of aryl methyl sites for hydroxylation is 1. The average Bonchev–Trinajstić information content (AvgIpc) is 3.06. The fourth-order valence-electron chi connectivity index (χ4n) is 2.97. The predicted octanol–water partition coefficient (Wildman–Crippen LogP) is 2.38. The zero-order valence-corrected chi connectivity index (χ0v) is 15.5. The summed E-state index contributed by atoms with van der Waals surface area (Å²) in [6.07, 6.45) is 3.54. The lowest BCUT2D eigenvalue weighted by Gasteiger charge is -2.24. The van der Waals surface area contributed by atoms with Gasteiger partial charge in [0.25, 0.3) is 0 Å². The van der Waals surface area contributed by atoms with Crippen molar-refractivity contribution in [3.8, 4) is 5.75 Å². The Balaban J connectivity index is 1.75. The molecule has 1 fully saturated rings. The highest BCUT2D eigenvalue weighted by molar-refractivity contribution is 7.12. The fourth-order valence-corrected chi connectivity index (χ4v) is 3.75. The van der Waals surface area contributed by atoms with Gasteiger partial charge >= 0.3 is 0 Å². The molecule has 1 aliphatic rings. The molecule has 25 heavy (non-hydrogen) atoms. The number of benzene rings is 1. The summed E-state index contributed by atoms with van der Waals surface area (Å²) < 4.78 is 10.9. The van der Waals surface area contributed by atoms with Crippen molar-refractivity contribution >= 4 is 23.2 Å². The molecule has 2 aromatic rings. The first-order chi connectivity index (χ1) is 12.2. The molecule has 1 aliphatic heterocycles. The van der Waals surface area contributed by atoms with Gasteiger partial charge in [-0.2, -0.15) is 0 Å². The molecule has 0 amide bonds. The van der Waals surface area contributed by atoms with Crippen LogP contribution in [-0.2, 0) is 11.3 Å². The Morgan fingerprint density at radius 3 is 2.76 bits per heavy atom. The summed E-state index contributed by atoms with van der Waals surface area (Å²) in [7, 11) is 1.67. The Labute approximate surface area is 152 Å². The first kappa shape index (κ1) is 17.9. The van der Waals surface area contributed by atoms with E-state index >= 15 is 0 Å². The number of hydrogen-bond acceptors (Lipinski definition) is 4. The maximum atomic E-state index is 12.5. The normalized spacial score (nSPS) is 15.6. The lowest BCUT2D eigenvalue weighted by molar-refractivity contribution is -0.921. The second-order valence-corrected chi connectivity index (χ2v) is 7.53. The number of quaternary nitrogens is 1. The average molecular weight is 358 g/mol. The van der Waals surface area contributed by atoms with E-state index in [0.29, 0.717) is 5.56 Å². The number of allylic oxidation sites excluding steroid dienone is 1. The summed E-state index contributed by atoms with van der Waals surface area (Å²) in [4.78, 5) is 16.3.